The molecule has 0 saturated heterocycles. The van der Waals surface area contributed by atoms with E-state index in [-0.39, 0.29) is 5.41 Å². The molecule has 0 aliphatic rings. The van der Waals surface area contributed by atoms with Gasteiger partial charge in [0.15, 0.2) is 0 Å². The SMILES string of the molecule is CC(C)(CCC#N)CNCCCCN. The van der Waals surface area contributed by atoms with E-state index in [2.05, 4.69) is 25.2 Å². The first kappa shape index (κ1) is 13.4. The number of nitriles is 1. The van der Waals surface area contributed by atoms with Gasteiger partial charge >= 0.3 is 0 Å². The Hall–Kier alpha value is -0.590. The van der Waals surface area contributed by atoms with Crippen molar-refractivity contribution in [2.24, 2.45) is 11.1 Å². The monoisotopic (exact) mass is 197 g/mol. The quantitative estimate of drug-likeness (QED) is 0.582. The zero-order valence-electron chi connectivity index (χ0n) is 9.47. The van der Waals surface area contributed by atoms with E-state index in [0.29, 0.717) is 6.42 Å². The Balaban J connectivity index is 3.41. The van der Waals surface area contributed by atoms with Gasteiger partial charge in [-0.3, -0.25) is 0 Å². The molecule has 0 aromatic heterocycles. The van der Waals surface area contributed by atoms with Gasteiger partial charge in [0.2, 0.25) is 0 Å². The number of nitrogens with two attached hydrogens (primary N) is 1. The summed E-state index contributed by atoms with van der Waals surface area (Å²) < 4.78 is 0. The fourth-order valence-electron chi connectivity index (χ4n) is 1.30. The van der Waals surface area contributed by atoms with Crippen LogP contribution < -0.4 is 11.1 Å². The average Bonchev–Trinajstić information content (AvgIpc) is 2.15. The molecule has 82 valence electrons. The van der Waals surface area contributed by atoms with E-state index in [0.717, 1.165) is 38.9 Å². The standard InChI is InChI=1S/C11H23N3/c1-11(2,6-5-8-13)10-14-9-4-3-7-12/h14H,3-7,9-10,12H2,1-2H3. The topological polar surface area (TPSA) is 61.8 Å². The predicted molar refractivity (Wildman–Crippen MR) is 59.8 cm³/mol. The van der Waals surface area contributed by atoms with Crippen LogP contribution in [0.25, 0.3) is 0 Å². The van der Waals surface area contributed by atoms with Crippen LogP contribution in [-0.4, -0.2) is 19.6 Å². The molecular weight excluding hydrogens is 174 g/mol. The van der Waals surface area contributed by atoms with Gasteiger partial charge in [0.1, 0.15) is 0 Å². The van der Waals surface area contributed by atoms with Crippen LogP contribution in [-0.2, 0) is 0 Å². The van der Waals surface area contributed by atoms with Crippen LogP contribution in [0.5, 0.6) is 0 Å². The van der Waals surface area contributed by atoms with Crippen LogP contribution in [0.15, 0.2) is 0 Å². The second-order valence-corrected chi connectivity index (χ2v) is 4.49. The van der Waals surface area contributed by atoms with E-state index in [1.54, 1.807) is 0 Å². The summed E-state index contributed by atoms with van der Waals surface area (Å²) in [4.78, 5) is 0. The average molecular weight is 197 g/mol. The maximum atomic E-state index is 8.49. The molecule has 0 radical (unpaired) electrons. The predicted octanol–water partition coefficient (Wildman–Crippen LogP) is 1.64. The van der Waals surface area contributed by atoms with Gasteiger partial charge in [0, 0.05) is 13.0 Å². The summed E-state index contributed by atoms with van der Waals surface area (Å²) in [6.07, 6.45) is 3.85. The van der Waals surface area contributed by atoms with Gasteiger partial charge in [-0.25, -0.2) is 0 Å². The van der Waals surface area contributed by atoms with Gasteiger partial charge in [-0.2, -0.15) is 5.26 Å². The van der Waals surface area contributed by atoms with Crippen molar-refractivity contribution in [3.63, 3.8) is 0 Å². The van der Waals surface area contributed by atoms with Crippen molar-refractivity contribution in [3.8, 4) is 6.07 Å². The minimum Gasteiger partial charge on any atom is -0.330 e. The Bertz CT molecular complexity index is 170. The second kappa shape index (κ2) is 7.78. The molecule has 0 rings (SSSR count). The summed E-state index contributed by atoms with van der Waals surface area (Å²) >= 11 is 0. The molecule has 0 aromatic rings. The molecule has 0 aliphatic heterocycles. The van der Waals surface area contributed by atoms with Crippen molar-refractivity contribution >= 4 is 0 Å². The van der Waals surface area contributed by atoms with E-state index < -0.39 is 0 Å². The van der Waals surface area contributed by atoms with Crippen LogP contribution in [0.2, 0.25) is 0 Å². The fourth-order valence-corrected chi connectivity index (χ4v) is 1.30. The molecule has 0 heterocycles. The van der Waals surface area contributed by atoms with Crippen molar-refractivity contribution < 1.29 is 0 Å². The normalized spacial score (nSPS) is 11.3. The molecule has 0 spiro atoms. The number of hydrogen-bond donors (Lipinski definition) is 2. The third-order valence-electron chi connectivity index (χ3n) is 2.32. The lowest BCUT2D eigenvalue weighted by atomic mass is 9.88. The van der Waals surface area contributed by atoms with Crippen LogP contribution in [0.4, 0.5) is 0 Å². The maximum absolute atomic E-state index is 8.49. The second-order valence-electron chi connectivity index (χ2n) is 4.49. The van der Waals surface area contributed by atoms with Crippen molar-refractivity contribution in [1.29, 1.82) is 5.26 Å². The number of rotatable bonds is 8. The van der Waals surface area contributed by atoms with Gasteiger partial charge in [0.05, 0.1) is 6.07 Å². The molecule has 3 heteroatoms. The summed E-state index contributed by atoms with van der Waals surface area (Å²) in [5.41, 5.74) is 5.63. The van der Waals surface area contributed by atoms with Crippen molar-refractivity contribution in [3.05, 3.63) is 0 Å². The maximum Gasteiger partial charge on any atom is 0.0621 e. The highest BCUT2D eigenvalue weighted by Gasteiger charge is 2.16. The Morgan fingerprint density at radius 1 is 1.36 bits per heavy atom. The minimum absolute atomic E-state index is 0.235. The Morgan fingerprint density at radius 2 is 2.07 bits per heavy atom. The Kier molecular flexibility index (Phi) is 7.45. The smallest absolute Gasteiger partial charge is 0.0621 e. The van der Waals surface area contributed by atoms with Crippen molar-refractivity contribution in [2.45, 2.75) is 39.5 Å². The highest BCUT2D eigenvalue weighted by Crippen LogP contribution is 2.20. The van der Waals surface area contributed by atoms with Crippen LogP contribution in [0, 0.1) is 16.7 Å². The van der Waals surface area contributed by atoms with Crippen molar-refractivity contribution in [2.75, 3.05) is 19.6 Å². The third kappa shape index (κ3) is 8.03. The summed E-state index contributed by atoms with van der Waals surface area (Å²) in [6, 6.07) is 2.19. The minimum atomic E-state index is 0.235. The van der Waals surface area contributed by atoms with Gasteiger partial charge < -0.3 is 11.1 Å². The summed E-state index contributed by atoms with van der Waals surface area (Å²) in [7, 11) is 0. The lowest BCUT2D eigenvalue weighted by molar-refractivity contribution is 0.317. The zero-order chi connectivity index (χ0) is 10.9. The van der Waals surface area contributed by atoms with Gasteiger partial charge in [0.25, 0.3) is 0 Å². The van der Waals surface area contributed by atoms with E-state index in [4.69, 9.17) is 11.0 Å². The number of hydrogen-bond acceptors (Lipinski definition) is 3. The molecule has 0 unspecified atom stereocenters. The first-order valence-corrected chi connectivity index (χ1v) is 5.40. The molecule has 0 atom stereocenters. The molecule has 0 amide bonds. The first-order chi connectivity index (χ1) is 6.62. The molecule has 14 heavy (non-hydrogen) atoms. The van der Waals surface area contributed by atoms with E-state index >= 15 is 0 Å². The summed E-state index contributed by atoms with van der Waals surface area (Å²) in [5.74, 6) is 0. The molecule has 3 nitrogen and oxygen atoms in total. The highest BCUT2D eigenvalue weighted by molar-refractivity contribution is 4.78. The Labute approximate surface area is 87.7 Å². The van der Waals surface area contributed by atoms with Gasteiger partial charge in [-0.05, 0) is 37.8 Å². The van der Waals surface area contributed by atoms with E-state index in [1.807, 2.05) is 0 Å². The molecule has 0 aromatic carbocycles. The number of unbranched alkanes of at least 4 members (excludes halogenated alkanes) is 1. The van der Waals surface area contributed by atoms with Crippen LogP contribution in [0.3, 0.4) is 0 Å². The number of nitrogens with one attached hydrogen (secondary N) is 1. The molecule has 3 N–H and O–H groups in total. The summed E-state index contributed by atoms with van der Waals surface area (Å²) in [5, 5.41) is 11.9. The highest BCUT2D eigenvalue weighted by atomic mass is 14.9. The zero-order valence-corrected chi connectivity index (χ0v) is 9.47. The fraction of sp³-hybridized carbons (Fsp3) is 0.909. The molecule has 0 fully saturated rings. The molecule has 0 aliphatic carbocycles. The van der Waals surface area contributed by atoms with Crippen molar-refractivity contribution in [1.82, 2.24) is 5.32 Å². The number of nitrogens with zero attached hydrogens (tertiary/aromatic N) is 1. The van der Waals surface area contributed by atoms with Crippen LogP contribution in [0.1, 0.15) is 39.5 Å². The van der Waals surface area contributed by atoms with Gasteiger partial charge in [-0.1, -0.05) is 13.8 Å². The lowest BCUT2D eigenvalue weighted by Gasteiger charge is -2.23. The Morgan fingerprint density at radius 3 is 2.64 bits per heavy atom. The van der Waals surface area contributed by atoms with Gasteiger partial charge in [-0.15, -0.1) is 0 Å². The third-order valence-corrected chi connectivity index (χ3v) is 2.32. The largest absolute Gasteiger partial charge is 0.330 e. The van der Waals surface area contributed by atoms with Crippen LogP contribution >= 0.6 is 0 Å². The lowest BCUT2D eigenvalue weighted by Crippen LogP contribution is -2.30. The summed E-state index contributed by atoms with van der Waals surface area (Å²) in [6.45, 7) is 7.19. The molecule has 0 saturated carbocycles. The molecule has 0 bridgehead atoms. The van der Waals surface area contributed by atoms with E-state index in [1.165, 1.54) is 0 Å². The first-order valence-electron chi connectivity index (χ1n) is 5.40. The van der Waals surface area contributed by atoms with E-state index in [9.17, 15) is 0 Å². The molecular formula is C11H23N3.